The molecule has 0 aliphatic rings. The molecule has 1 N–H and O–H groups in total. The molecule has 130 valence electrons. The van der Waals surface area contributed by atoms with Gasteiger partial charge < -0.3 is 5.32 Å². The van der Waals surface area contributed by atoms with Gasteiger partial charge in [-0.15, -0.1) is 11.3 Å². The van der Waals surface area contributed by atoms with Gasteiger partial charge in [-0.3, -0.25) is 4.79 Å². The minimum atomic E-state index is -0.454. The topological polar surface area (TPSA) is 46.9 Å². The summed E-state index contributed by atoms with van der Waals surface area (Å²) in [5.41, 5.74) is 3.10. The minimum absolute atomic E-state index is 0.173. The van der Waals surface area contributed by atoms with E-state index in [1.807, 2.05) is 48.9 Å². The number of anilines is 1. The van der Waals surface area contributed by atoms with Crippen LogP contribution in [0.5, 0.6) is 0 Å². The molecule has 0 saturated carbocycles. The Kier molecular flexibility index (Phi) is 4.05. The maximum absolute atomic E-state index is 13.8. The number of aryl methyl sites for hydroxylation is 2. The van der Waals surface area contributed by atoms with Crippen molar-refractivity contribution >= 4 is 33.1 Å². The van der Waals surface area contributed by atoms with Crippen LogP contribution in [0.4, 0.5) is 10.1 Å². The fraction of sp³-hybridized carbons (Fsp3) is 0.100. The Hall–Kier alpha value is -2.99. The van der Waals surface area contributed by atoms with Crippen LogP contribution in [0.2, 0.25) is 0 Å². The number of thiophene rings is 1. The lowest BCUT2D eigenvalue weighted by atomic mass is 10.2. The fourth-order valence-corrected chi connectivity index (χ4v) is 3.94. The molecule has 26 heavy (non-hydrogen) atoms. The molecule has 2 heterocycles. The standard InChI is InChI=1S/C20H16FN3OS/c1-12-7-3-6-10-17(12)24-20-14(13(2)23-24)11-18(26-20)19(25)22-16-9-5-4-8-15(16)21/h3-11H,1-2H3,(H,22,25). The quantitative estimate of drug-likeness (QED) is 0.549. The molecule has 4 nitrogen and oxygen atoms in total. The number of hydrogen-bond donors (Lipinski definition) is 1. The van der Waals surface area contributed by atoms with E-state index in [0.29, 0.717) is 4.88 Å². The van der Waals surface area contributed by atoms with Crippen LogP contribution in [0.3, 0.4) is 0 Å². The summed E-state index contributed by atoms with van der Waals surface area (Å²) in [6.07, 6.45) is 0. The van der Waals surface area contributed by atoms with Crippen LogP contribution in [0, 0.1) is 19.7 Å². The third-order valence-corrected chi connectivity index (χ3v) is 5.34. The van der Waals surface area contributed by atoms with E-state index in [1.165, 1.54) is 17.4 Å². The highest BCUT2D eigenvalue weighted by Crippen LogP contribution is 2.31. The first-order chi connectivity index (χ1) is 12.5. The summed E-state index contributed by atoms with van der Waals surface area (Å²) in [7, 11) is 0. The second-order valence-electron chi connectivity index (χ2n) is 6.05. The number of nitrogens with zero attached hydrogens (tertiary/aromatic N) is 2. The molecule has 0 radical (unpaired) electrons. The van der Waals surface area contributed by atoms with Crippen LogP contribution in [0.15, 0.2) is 54.6 Å². The summed E-state index contributed by atoms with van der Waals surface area (Å²) in [6.45, 7) is 3.94. The molecule has 0 fully saturated rings. The Labute approximate surface area is 153 Å². The number of halogens is 1. The van der Waals surface area contributed by atoms with Gasteiger partial charge in [0, 0.05) is 5.39 Å². The van der Waals surface area contributed by atoms with E-state index in [-0.39, 0.29) is 11.6 Å². The van der Waals surface area contributed by atoms with E-state index in [9.17, 15) is 9.18 Å². The van der Waals surface area contributed by atoms with Gasteiger partial charge in [-0.05, 0) is 43.7 Å². The first kappa shape index (κ1) is 16.5. The summed E-state index contributed by atoms with van der Waals surface area (Å²) in [5.74, 6) is -0.781. The van der Waals surface area contributed by atoms with Crippen molar-refractivity contribution in [2.45, 2.75) is 13.8 Å². The molecule has 2 aromatic carbocycles. The van der Waals surface area contributed by atoms with Gasteiger partial charge in [0.25, 0.3) is 5.91 Å². The van der Waals surface area contributed by atoms with Crippen LogP contribution >= 0.6 is 11.3 Å². The largest absolute Gasteiger partial charge is 0.319 e. The number of benzene rings is 2. The maximum Gasteiger partial charge on any atom is 0.265 e. The summed E-state index contributed by atoms with van der Waals surface area (Å²) in [4.78, 5) is 14.0. The second-order valence-corrected chi connectivity index (χ2v) is 7.08. The molecule has 4 aromatic rings. The number of rotatable bonds is 3. The molecule has 0 aliphatic heterocycles. The normalized spacial score (nSPS) is 11.0. The van der Waals surface area contributed by atoms with Gasteiger partial charge in [-0.25, -0.2) is 9.07 Å². The van der Waals surface area contributed by atoms with E-state index in [2.05, 4.69) is 10.4 Å². The number of para-hydroxylation sites is 2. The van der Waals surface area contributed by atoms with Crippen LogP contribution in [-0.4, -0.2) is 15.7 Å². The number of hydrogen-bond acceptors (Lipinski definition) is 3. The Morgan fingerprint density at radius 3 is 2.62 bits per heavy atom. The van der Waals surface area contributed by atoms with E-state index >= 15 is 0 Å². The SMILES string of the molecule is Cc1ccccc1-n1nc(C)c2cc(C(=O)Nc3ccccc3F)sc21. The zero-order valence-corrected chi connectivity index (χ0v) is 15.1. The lowest BCUT2D eigenvalue weighted by molar-refractivity contribution is 0.103. The van der Waals surface area contributed by atoms with Gasteiger partial charge in [-0.1, -0.05) is 30.3 Å². The van der Waals surface area contributed by atoms with Crippen molar-refractivity contribution in [2.75, 3.05) is 5.32 Å². The maximum atomic E-state index is 13.8. The number of carbonyl (C=O) groups excluding carboxylic acids is 1. The van der Waals surface area contributed by atoms with Gasteiger partial charge in [0.2, 0.25) is 0 Å². The average molecular weight is 365 g/mol. The van der Waals surface area contributed by atoms with E-state index in [0.717, 1.165) is 27.2 Å². The smallest absolute Gasteiger partial charge is 0.265 e. The molecule has 0 bridgehead atoms. The van der Waals surface area contributed by atoms with Crippen LogP contribution in [0.25, 0.3) is 15.9 Å². The number of carbonyl (C=O) groups is 1. The predicted octanol–water partition coefficient (Wildman–Crippen LogP) is 5.10. The molecule has 1 amide bonds. The predicted molar refractivity (Wildman–Crippen MR) is 103 cm³/mol. The van der Waals surface area contributed by atoms with Crippen molar-refractivity contribution in [1.29, 1.82) is 0 Å². The van der Waals surface area contributed by atoms with Crippen molar-refractivity contribution in [3.63, 3.8) is 0 Å². The van der Waals surface area contributed by atoms with Crippen molar-refractivity contribution in [2.24, 2.45) is 0 Å². The molecular weight excluding hydrogens is 349 g/mol. The molecule has 0 spiro atoms. The van der Waals surface area contributed by atoms with Crippen LogP contribution in [0.1, 0.15) is 20.9 Å². The molecule has 0 saturated heterocycles. The Balaban J connectivity index is 1.75. The van der Waals surface area contributed by atoms with Crippen molar-refractivity contribution < 1.29 is 9.18 Å². The van der Waals surface area contributed by atoms with E-state index in [4.69, 9.17) is 0 Å². The molecular formula is C20H16FN3OS. The van der Waals surface area contributed by atoms with Gasteiger partial charge in [0.05, 0.1) is 21.9 Å². The number of amides is 1. The highest BCUT2D eigenvalue weighted by Gasteiger charge is 2.18. The summed E-state index contributed by atoms with van der Waals surface area (Å²) >= 11 is 1.35. The highest BCUT2D eigenvalue weighted by molar-refractivity contribution is 7.20. The fourth-order valence-electron chi connectivity index (χ4n) is 2.87. The lowest BCUT2D eigenvalue weighted by Gasteiger charge is -2.06. The van der Waals surface area contributed by atoms with E-state index < -0.39 is 5.82 Å². The highest BCUT2D eigenvalue weighted by atomic mass is 32.1. The molecule has 0 unspecified atom stereocenters. The van der Waals surface area contributed by atoms with Gasteiger partial charge >= 0.3 is 0 Å². The van der Waals surface area contributed by atoms with Crippen LogP contribution in [-0.2, 0) is 0 Å². The third-order valence-electron chi connectivity index (χ3n) is 4.23. The molecule has 4 rings (SSSR count). The first-order valence-electron chi connectivity index (χ1n) is 8.15. The summed E-state index contributed by atoms with van der Waals surface area (Å²) in [6, 6.07) is 15.9. The number of nitrogens with one attached hydrogen (secondary N) is 1. The molecule has 2 aromatic heterocycles. The third kappa shape index (κ3) is 2.78. The van der Waals surface area contributed by atoms with Crippen molar-refractivity contribution in [1.82, 2.24) is 9.78 Å². The Bertz CT molecular complexity index is 1130. The Morgan fingerprint density at radius 2 is 1.85 bits per heavy atom. The monoisotopic (exact) mass is 365 g/mol. The van der Waals surface area contributed by atoms with Gasteiger partial charge in [0.1, 0.15) is 10.6 Å². The van der Waals surface area contributed by atoms with Crippen LogP contribution < -0.4 is 5.32 Å². The first-order valence-corrected chi connectivity index (χ1v) is 8.97. The zero-order valence-electron chi connectivity index (χ0n) is 14.3. The Morgan fingerprint density at radius 1 is 1.12 bits per heavy atom. The number of fused-ring (bicyclic) bond motifs is 1. The summed E-state index contributed by atoms with van der Waals surface area (Å²) in [5, 5.41) is 8.18. The molecule has 0 atom stereocenters. The van der Waals surface area contributed by atoms with E-state index in [1.54, 1.807) is 18.2 Å². The van der Waals surface area contributed by atoms with Gasteiger partial charge in [-0.2, -0.15) is 5.10 Å². The average Bonchev–Trinajstić information content (AvgIpc) is 3.19. The minimum Gasteiger partial charge on any atom is -0.319 e. The number of aromatic nitrogens is 2. The van der Waals surface area contributed by atoms with Crippen molar-refractivity contribution in [3.05, 3.63) is 76.5 Å². The molecule has 6 heteroatoms. The van der Waals surface area contributed by atoms with Crippen molar-refractivity contribution in [3.8, 4) is 5.69 Å². The zero-order chi connectivity index (χ0) is 18.3. The summed E-state index contributed by atoms with van der Waals surface area (Å²) < 4.78 is 15.6. The molecule has 0 aliphatic carbocycles. The second kappa shape index (κ2) is 6.38. The van der Waals surface area contributed by atoms with Gasteiger partial charge in [0.15, 0.2) is 0 Å². The lowest BCUT2D eigenvalue weighted by Crippen LogP contribution is -2.11.